The minimum Gasteiger partial charge on any atom is -0.364 e. The summed E-state index contributed by atoms with van der Waals surface area (Å²) in [7, 11) is 0. The number of thiazole rings is 1. The van der Waals surface area contributed by atoms with Crippen molar-refractivity contribution < 1.29 is 9.64 Å². The van der Waals surface area contributed by atoms with Crippen LogP contribution in [0.2, 0.25) is 0 Å². The summed E-state index contributed by atoms with van der Waals surface area (Å²) in [5, 5.41) is 2.01. The molecule has 25 heavy (non-hydrogen) atoms. The van der Waals surface area contributed by atoms with Crippen LogP contribution in [0.15, 0.2) is 46.6 Å². The van der Waals surface area contributed by atoms with Gasteiger partial charge in [-0.05, 0) is 19.4 Å². The second kappa shape index (κ2) is 6.71. The van der Waals surface area contributed by atoms with Crippen LogP contribution in [-0.2, 0) is 11.3 Å². The number of fused-ring (bicyclic) bond motifs is 1. The monoisotopic (exact) mass is 356 g/mol. The second-order valence-corrected chi connectivity index (χ2v) is 7.62. The van der Waals surface area contributed by atoms with Gasteiger partial charge in [0.1, 0.15) is 37.5 Å². The molecule has 2 atom stereocenters. The molecule has 0 bridgehead atoms. The highest BCUT2D eigenvalue weighted by Gasteiger charge is 2.26. The average molecular weight is 356 g/mol. The molecule has 0 unspecified atom stereocenters. The van der Waals surface area contributed by atoms with Crippen LogP contribution in [0.4, 0.5) is 0 Å². The SMILES string of the molecule is C[C@H]1C[NH+](Cc2cc(=O)n3c(-c4ccccc4)csc3n2)C[C@H](C)O1. The summed E-state index contributed by atoms with van der Waals surface area (Å²) in [5.74, 6) is 0. The van der Waals surface area contributed by atoms with Crippen molar-refractivity contribution in [2.75, 3.05) is 13.1 Å². The summed E-state index contributed by atoms with van der Waals surface area (Å²) < 4.78 is 7.51. The Hall–Kier alpha value is -2.02. The van der Waals surface area contributed by atoms with Crippen LogP contribution in [0, 0.1) is 0 Å². The van der Waals surface area contributed by atoms with Gasteiger partial charge < -0.3 is 9.64 Å². The van der Waals surface area contributed by atoms with Gasteiger partial charge in [-0.25, -0.2) is 4.98 Å². The van der Waals surface area contributed by atoms with Gasteiger partial charge in [-0.15, -0.1) is 11.3 Å². The number of nitrogens with one attached hydrogen (secondary N) is 1. The summed E-state index contributed by atoms with van der Waals surface area (Å²) in [6, 6.07) is 11.7. The molecule has 1 N–H and O–H groups in total. The number of rotatable bonds is 3. The predicted octanol–water partition coefficient (Wildman–Crippen LogP) is 1.62. The van der Waals surface area contributed by atoms with Crippen molar-refractivity contribution in [2.24, 2.45) is 0 Å². The van der Waals surface area contributed by atoms with E-state index < -0.39 is 0 Å². The van der Waals surface area contributed by atoms with Gasteiger partial charge in [-0.2, -0.15) is 0 Å². The Morgan fingerprint density at radius 2 is 1.96 bits per heavy atom. The Morgan fingerprint density at radius 1 is 1.24 bits per heavy atom. The van der Waals surface area contributed by atoms with E-state index in [0.29, 0.717) is 0 Å². The molecule has 3 heterocycles. The third-order valence-corrected chi connectivity index (χ3v) is 5.40. The zero-order chi connectivity index (χ0) is 17.4. The van der Waals surface area contributed by atoms with Crippen molar-refractivity contribution in [1.29, 1.82) is 0 Å². The number of benzene rings is 1. The Bertz CT molecular complexity index is 925. The van der Waals surface area contributed by atoms with Crippen LogP contribution >= 0.6 is 11.3 Å². The summed E-state index contributed by atoms with van der Waals surface area (Å²) in [5.41, 5.74) is 2.80. The third kappa shape index (κ3) is 3.38. The van der Waals surface area contributed by atoms with Crippen LogP contribution in [0.1, 0.15) is 19.5 Å². The van der Waals surface area contributed by atoms with Crippen molar-refractivity contribution in [3.8, 4) is 11.3 Å². The minimum atomic E-state index is -0.00569. The largest absolute Gasteiger partial charge is 0.364 e. The quantitative estimate of drug-likeness (QED) is 0.776. The standard InChI is InChI=1S/C19H21N3O2S/c1-13-9-21(10-14(2)24-13)11-16-8-18(23)22-17(12-25-19(22)20-16)15-6-4-3-5-7-15/h3-8,12-14H,9-11H2,1-2H3/p+1/t13-,14-/m0/s1. The first-order valence-corrected chi connectivity index (χ1v) is 9.53. The molecule has 1 fully saturated rings. The number of ether oxygens (including phenoxy) is 1. The lowest BCUT2D eigenvalue weighted by Gasteiger charge is -2.32. The summed E-state index contributed by atoms with van der Waals surface area (Å²) in [4.78, 5) is 19.6. The lowest BCUT2D eigenvalue weighted by atomic mass is 10.2. The molecular formula is C19H22N3O2S+. The first kappa shape index (κ1) is 16.4. The van der Waals surface area contributed by atoms with E-state index in [1.807, 2.05) is 35.7 Å². The van der Waals surface area contributed by atoms with E-state index in [2.05, 4.69) is 13.8 Å². The van der Waals surface area contributed by atoms with Crippen LogP contribution in [0.25, 0.3) is 16.2 Å². The third-order valence-electron chi connectivity index (χ3n) is 4.58. The molecule has 5 nitrogen and oxygen atoms in total. The van der Waals surface area contributed by atoms with E-state index in [4.69, 9.17) is 9.72 Å². The van der Waals surface area contributed by atoms with Gasteiger partial charge in [0.15, 0.2) is 4.96 Å². The summed E-state index contributed by atoms with van der Waals surface area (Å²) in [6.07, 6.45) is 0.491. The number of quaternary nitrogens is 1. The van der Waals surface area contributed by atoms with Gasteiger partial charge >= 0.3 is 0 Å². The van der Waals surface area contributed by atoms with Crippen LogP contribution in [0.5, 0.6) is 0 Å². The molecule has 1 aliphatic heterocycles. The van der Waals surface area contributed by atoms with Gasteiger partial charge in [0, 0.05) is 11.4 Å². The second-order valence-electron chi connectivity index (χ2n) is 6.78. The first-order valence-electron chi connectivity index (χ1n) is 8.65. The smallest absolute Gasteiger partial charge is 0.259 e. The normalized spacial score (nSPS) is 23.8. The fourth-order valence-corrected chi connectivity index (χ4v) is 4.58. The van der Waals surface area contributed by atoms with E-state index >= 15 is 0 Å². The van der Waals surface area contributed by atoms with Crippen molar-refractivity contribution in [3.05, 3.63) is 57.8 Å². The average Bonchev–Trinajstić information content (AvgIpc) is 2.99. The minimum absolute atomic E-state index is 0.00569. The molecule has 0 saturated carbocycles. The van der Waals surface area contributed by atoms with Gasteiger partial charge in [-0.3, -0.25) is 9.20 Å². The molecule has 0 radical (unpaired) electrons. The molecular weight excluding hydrogens is 334 g/mol. The molecule has 0 spiro atoms. The topological polar surface area (TPSA) is 48.0 Å². The van der Waals surface area contributed by atoms with Crippen molar-refractivity contribution in [1.82, 2.24) is 9.38 Å². The van der Waals surface area contributed by atoms with Gasteiger partial charge in [0.25, 0.3) is 5.56 Å². The maximum absolute atomic E-state index is 12.7. The highest BCUT2D eigenvalue weighted by Crippen LogP contribution is 2.23. The molecule has 2 aromatic heterocycles. The Morgan fingerprint density at radius 3 is 2.68 bits per heavy atom. The highest BCUT2D eigenvalue weighted by molar-refractivity contribution is 7.15. The predicted molar refractivity (Wildman–Crippen MR) is 99.2 cm³/mol. The number of hydrogen-bond donors (Lipinski definition) is 1. The van der Waals surface area contributed by atoms with Gasteiger partial charge in [0.2, 0.25) is 0 Å². The summed E-state index contributed by atoms with van der Waals surface area (Å²) >= 11 is 1.52. The molecule has 6 heteroatoms. The maximum atomic E-state index is 12.7. The fraction of sp³-hybridized carbons (Fsp3) is 0.368. The fourth-order valence-electron chi connectivity index (χ4n) is 3.65. The van der Waals surface area contributed by atoms with Crippen LogP contribution < -0.4 is 10.5 Å². The van der Waals surface area contributed by atoms with E-state index in [1.54, 1.807) is 10.5 Å². The number of morpholine rings is 1. The number of aromatic nitrogens is 2. The van der Waals surface area contributed by atoms with Crippen molar-refractivity contribution >= 4 is 16.3 Å². The lowest BCUT2D eigenvalue weighted by Crippen LogP contribution is -3.14. The van der Waals surface area contributed by atoms with Crippen molar-refractivity contribution in [3.63, 3.8) is 0 Å². The van der Waals surface area contributed by atoms with Crippen molar-refractivity contribution in [2.45, 2.75) is 32.6 Å². The Labute approximate surface area is 150 Å². The molecule has 1 aliphatic rings. The first-order chi connectivity index (χ1) is 12.1. The molecule has 1 saturated heterocycles. The van der Waals surface area contributed by atoms with E-state index in [-0.39, 0.29) is 17.8 Å². The zero-order valence-electron chi connectivity index (χ0n) is 14.4. The Kier molecular flexibility index (Phi) is 4.41. The molecule has 3 aromatic rings. The lowest BCUT2D eigenvalue weighted by molar-refractivity contribution is -0.928. The van der Waals surface area contributed by atoms with E-state index in [1.165, 1.54) is 16.2 Å². The van der Waals surface area contributed by atoms with Gasteiger partial charge in [-0.1, -0.05) is 30.3 Å². The highest BCUT2D eigenvalue weighted by atomic mass is 32.1. The van der Waals surface area contributed by atoms with Gasteiger partial charge in [0.05, 0.1) is 5.69 Å². The number of hydrogen-bond acceptors (Lipinski definition) is 4. The molecule has 0 amide bonds. The molecule has 1 aromatic carbocycles. The van der Waals surface area contributed by atoms with E-state index in [0.717, 1.165) is 41.5 Å². The molecule has 130 valence electrons. The Balaban J connectivity index is 1.66. The van der Waals surface area contributed by atoms with E-state index in [9.17, 15) is 4.79 Å². The van der Waals surface area contributed by atoms with Crippen LogP contribution in [-0.4, -0.2) is 34.7 Å². The zero-order valence-corrected chi connectivity index (χ0v) is 15.3. The number of nitrogens with zero attached hydrogens (tertiary/aromatic N) is 2. The molecule has 4 rings (SSSR count). The van der Waals surface area contributed by atoms with Crippen LogP contribution in [0.3, 0.4) is 0 Å². The molecule has 0 aliphatic carbocycles. The maximum Gasteiger partial charge on any atom is 0.259 e. The summed E-state index contributed by atoms with van der Waals surface area (Å²) in [6.45, 7) is 6.87.